The smallest absolute Gasteiger partial charge is 0.326 e. The third-order valence-electron chi connectivity index (χ3n) is 6.44. The van der Waals surface area contributed by atoms with Gasteiger partial charge in [-0.25, -0.2) is 9.78 Å². The number of carboxylic acids is 1. The molecule has 1 fully saturated rings. The number of rotatable bonds is 11. The Bertz CT molecular complexity index is 1090. The van der Waals surface area contributed by atoms with E-state index in [1.807, 2.05) is 0 Å². The van der Waals surface area contributed by atoms with Crippen LogP contribution in [0.1, 0.15) is 37.9 Å². The zero-order valence-electron chi connectivity index (χ0n) is 20.9. The third kappa shape index (κ3) is 7.29. The number of phenolic OH excluding ortho intramolecular Hbond substituents is 1. The number of aliphatic carboxylic acids is 1. The minimum Gasteiger partial charge on any atom is -0.508 e. The van der Waals surface area contributed by atoms with Crippen molar-refractivity contribution in [2.75, 3.05) is 6.54 Å². The number of aromatic hydroxyl groups is 1. The van der Waals surface area contributed by atoms with Gasteiger partial charge in [0.15, 0.2) is 0 Å². The molecule has 7 N–H and O–H groups in total. The molecule has 1 aromatic heterocycles. The van der Waals surface area contributed by atoms with Crippen molar-refractivity contribution < 1.29 is 29.4 Å². The second kappa shape index (κ2) is 12.3. The Hall–Kier alpha value is -3.93. The predicted octanol–water partition coefficient (Wildman–Crippen LogP) is -0.0710. The maximum absolute atomic E-state index is 13.6. The largest absolute Gasteiger partial charge is 0.508 e. The number of likely N-dealkylation sites (tertiary alicyclic amines) is 1. The fraction of sp³-hybridized carbons (Fsp3) is 0.480. The highest BCUT2D eigenvalue weighted by Gasteiger charge is 2.39. The van der Waals surface area contributed by atoms with Gasteiger partial charge in [0.2, 0.25) is 17.7 Å². The lowest BCUT2D eigenvalue weighted by atomic mass is 10.0. The molecular weight excluding hydrogens is 480 g/mol. The molecule has 200 valence electrons. The summed E-state index contributed by atoms with van der Waals surface area (Å²) in [6, 6.07) is 2.33. The van der Waals surface area contributed by atoms with Crippen molar-refractivity contribution in [3.05, 3.63) is 48.0 Å². The van der Waals surface area contributed by atoms with Crippen LogP contribution in [0.2, 0.25) is 0 Å². The number of nitrogens with zero attached hydrogens (tertiary/aromatic N) is 2. The monoisotopic (exact) mass is 514 g/mol. The van der Waals surface area contributed by atoms with Gasteiger partial charge in [-0.2, -0.15) is 0 Å². The van der Waals surface area contributed by atoms with Gasteiger partial charge >= 0.3 is 5.97 Å². The van der Waals surface area contributed by atoms with Crippen LogP contribution < -0.4 is 16.4 Å². The minimum atomic E-state index is -1.21. The summed E-state index contributed by atoms with van der Waals surface area (Å²) in [4.78, 5) is 59.3. The lowest BCUT2D eigenvalue weighted by Gasteiger charge is -2.30. The molecule has 0 spiro atoms. The zero-order chi connectivity index (χ0) is 27.1. The van der Waals surface area contributed by atoms with Gasteiger partial charge in [0, 0.05) is 31.3 Å². The Morgan fingerprint density at radius 2 is 1.84 bits per heavy atom. The van der Waals surface area contributed by atoms with E-state index in [9.17, 15) is 29.4 Å². The molecule has 1 aliphatic rings. The SMILES string of the molecule is CC(C)C(N)C(=O)NC(Cc1ccc(O)cc1)C(=O)N1CCCC1C(=O)NC(Cc1cnc[nH]1)C(=O)O. The number of amides is 3. The van der Waals surface area contributed by atoms with Gasteiger partial charge in [0.05, 0.1) is 12.4 Å². The van der Waals surface area contributed by atoms with Gasteiger partial charge in [-0.1, -0.05) is 26.0 Å². The normalized spacial score (nSPS) is 17.7. The highest BCUT2D eigenvalue weighted by atomic mass is 16.4. The summed E-state index contributed by atoms with van der Waals surface area (Å²) in [5.41, 5.74) is 7.23. The summed E-state index contributed by atoms with van der Waals surface area (Å²) in [5, 5.41) is 24.5. The number of carbonyl (C=O) groups excluding carboxylic acids is 3. The van der Waals surface area contributed by atoms with E-state index in [-0.39, 0.29) is 31.1 Å². The van der Waals surface area contributed by atoms with Gasteiger partial charge in [-0.3, -0.25) is 14.4 Å². The highest BCUT2D eigenvalue weighted by Crippen LogP contribution is 2.21. The molecule has 12 nitrogen and oxygen atoms in total. The molecule has 4 unspecified atom stereocenters. The van der Waals surface area contributed by atoms with Crippen molar-refractivity contribution in [2.45, 2.75) is 63.7 Å². The second-order valence-electron chi connectivity index (χ2n) is 9.57. The zero-order valence-corrected chi connectivity index (χ0v) is 20.9. The van der Waals surface area contributed by atoms with Crippen molar-refractivity contribution in [1.82, 2.24) is 25.5 Å². The summed E-state index contributed by atoms with van der Waals surface area (Å²) in [6.07, 6.45) is 3.94. The molecule has 12 heteroatoms. The van der Waals surface area contributed by atoms with E-state index in [4.69, 9.17) is 5.73 Å². The van der Waals surface area contributed by atoms with Crippen LogP contribution >= 0.6 is 0 Å². The molecule has 37 heavy (non-hydrogen) atoms. The van der Waals surface area contributed by atoms with Crippen LogP contribution in [0.4, 0.5) is 0 Å². The molecule has 3 amide bonds. The van der Waals surface area contributed by atoms with Crippen LogP contribution in [0.3, 0.4) is 0 Å². The van der Waals surface area contributed by atoms with E-state index in [0.29, 0.717) is 24.1 Å². The van der Waals surface area contributed by atoms with Crippen molar-refractivity contribution in [3.63, 3.8) is 0 Å². The number of H-pyrrole nitrogens is 1. The van der Waals surface area contributed by atoms with E-state index in [1.54, 1.807) is 26.0 Å². The lowest BCUT2D eigenvalue weighted by Crippen LogP contribution is -2.58. The Morgan fingerprint density at radius 3 is 2.43 bits per heavy atom. The average molecular weight is 515 g/mol. The molecule has 4 atom stereocenters. The van der Waals surface area contributed by atoms with Crippen LogP contribution in [0, 0.1) is 5.92 Å². The molecule has 1 aromatic carbocycles. The number of carboxylic acid groups (broad SMARTS) is 1. The number of aromatic nitrogens is 2. The molecule has 2 heterocycles. The molecule has 0 radical (unpaired) electrons. The quantitative estimate of drug-likeness (QED) is 0.240. The highest BCUT2D eigenvalue weighted by molar-refractivity contribution is 5.94. The van der Waals surface area contributed by atoms with Crippen LogP contribution in [0.25, 0.3) is 0 Å². The molecule has 1 saturated heterocycles. The standard InChI is InChI=1S/C25H34N6O6/c1-14(2)21(26)23(34)29-18(10-15-5-7-17(32)8-6-15)24(35)31-9-3-4-20(31)22(33)30-19(25(36)37)11-16-12-27-13-28-16/h5-8,12-14,18-21,32H,3-4,9-11,26H2,1-2H3,(H,27,28)(H,29,34)(H,30,33)(H,36,37). The van der Waals surface area contributed by atoms with Gasteiger partial charge in [-0.15, -0.1) is 0 Å². The number of nitrogens with one attached hydrogen (secondary N) is 3. The first kappa shape index (κ1) is 27.7. The molecule has 0 bridgehead atoms. The Morgan fingerprint density at radius 1 is 1.14 bits per heavy atom. The summed E-state index contributed by atoms with van der Waals surface area (Å²) in [5.74, 6) is -2.83. The number of nitrogens with two attached hydrogens (primary N) is 1. The lowest BCUT2D eigenvalue weighted by molar-refractivity contribution is -0.145. The van der Waals surface area contributed by atoms with Crippen LogP contribution in [0.15, 0.2) is 36.8 Å². The molecule has 2 aromatic rings. The number of phenols is 1. The van der Waals surface area contributed by atoms with Crippen molar-refractivity contribution in [1.29, 1.82) is 0 Å². The molecular formula is C25H34N6O6. The van der Waals surface area contributed by atoms with E-state index in [0.717, 1.165) is 0 Å². The molecule has 0 saturated carbocycles. The molecule has 1 aliphatic heterocycles. The Balaban J connectivity index is 1.77. The molecule has 3 rings (SSSR count). The third-order valence-corrected chi connectivity index (χ3v) is 6.44. The number of aromatic amines is 1. The first-order chi connectivity index (χ1) is 17.6. The summed E-state index contributed by atoms with van der Waals surface area (Å²) in [7, 11) is 0. The van der Waals surface area contributed by atoms with Crippen LogP contribution in [0.5, 0.6) is 5.75 Å². The van der Waals surface area contributed by atoms with E-state index < -0.39 is 47.9 Å². The first-order valence-corrected chi connectivity index (χ1v) is 12.2. The van der Waals surface area contributed by atoms with E-state index in [1.165, 1.54) is 29.6 Å². The number of carbonyl (C=O) groups is 4. The minimum absolute atomic E-state index is 0.00830. The van der Waals surface area contributed by atoms with Crippen LogP contribution in [-0.4, -0.2) is 79.5 Å². The first-order valence-electron chi connectivity index (χ1n) is 12.2. The van der Waals surface area contributed by atoms with Gasteiger partial charge in [0.1, 0.15) is 23.9 Å². The number of benzene rings is 1. The predicted molar refractivity (Wildman–Crippen MR) is 133 cm³/mol. The fourth-order valence-electron chi connectivity index (χ4n) is 4.23. The van der Waals surface area contributed by atoms with Gasteiger partial charge in [-0.05, 0) is 36.5 Å². The fourth-order valence-corrected chi connectivity index (χ4v) is 4.23. The topological polar surface area (TPSA) is 191 Å². The summed E-state index contributed by atoms with van der Waals surface area (Å²) >= 11 is 0. The summed E-state index contributed by atoms with van der Waals surface area (Å²) in [6.45, 7) is 3.88. The maximum Gasteiger partial charge on any atom is 0.326 e. The second-order valence-corrected chi connectivity index (χ2v) is 9.57. The van der Waals surface area contributed by atoms with Crippen molar-refractivity contribution in [3.8, 4) is 5.75 Å². The molecule has 0 aliphatic carbocycles. The maximum atomic E-state index is 13.6. The van der Waals surface area contributed by atoms with Crippen molar-refractivity contribution >= 4 is 23.7 Å². The number of hydrogen-bond donors (Lipinski definition) is 6. The van der Waals surface area contributed by atoms with Crippen molar-refractivity contribution in [2.24, 2.45) is 11.7 Å². The van der Waals surface area contributed by atoms with E-state index in [2.05, 4.69) is 20.6 Å². The van der Waals surface area contributed by atoms with E-state index >= 15 is 0 Å². The number of hydrogen-bond acceptors (Lipinski definition) is 7. The Kier molecular flexibility index (Phi) is 9.23. The number of imidazole rings is 1. The average Bonchev–Trinajstić information content (AvgIpc) is 3.55. The summed E-state index contributed by atoms with van der Waals surface area (Å²) < 4.78 is 0. The van der Waals surface area contributed by atoms with Gasteiger partial charge in [0.25, 0.3) is 0 Å². The van der Waals surface area contributed by atoms with Gasteiger partial charge < -0.3 is 36.5 Å². The van der Waals surface area contributed by atoms with Crippen LogP contribution in [-0.2, 0) is 32.0 Å². The Labute approximate surface area is 214 Å².